The monoisotopic (exact) mass is 305 g/mol. The van der Waals surface area contributed by atoms with Gasteiger partial charge in [0.25, 0.3) is 0 Å². The van der Waals surface area contributed by atoms with Crippen LogP contribution in [0.1, 0.15) is 11.3 Å². The van der Waals surface area contributed by atoms with Crippen molar-refractivity contribution in [2.24, 2.45) is 7.05 Å². The van der Waals surface area contributed by atoms with E-state index in [9.17, 15) is 0 Å². The lowest BCUT2D eigenvalue weighted by atomic mass is 10.2. The van der Waals surface area contributed by atoms with Crippen LogP contribution >= 0.6 is 0 Å². The van der Waals surface area contributed by atoms with Crippen LogP contribution in [0.3, 0.4) is 0 Å². The Kier molecular flexibility index (Phi) is 5.21. The van der Waals surface area contributed by atoms with Crippen LogP contribution in [0.4, 0.5) is 11.5 Å². The van der Waals surface area contributed by atoms with Crippen LogP contribution in [-0.4, -0.2) is 47.2 Å². The normalized spacial score (nSPS) is 10.6. The van der Waals surface area contributed by atoms with Crippen LogP contribution in [-0.2, 0) is 13.6 Å². The molecule has 22 heavy (non-hydrogen) atoms. The topological polar surface area (TPSA) is 75.4 Å². The van der Waals surface area contributed by atoms with Gasteiger partial charge in [-0.2, -0.15) is 5.10 Å². The number of methoxy groups -OCH3 is 1. The van der Waals surface area contributed by atoms with Crippen molar-refractivity contribution in [1.29, 1.82) is 0 Å². The van der Waals surface area contributed by atoms with Gasteiger partial charge in [0.2, 0.25) is 5.88 Å². The molecule has 0 aliphatic rings. The van der Waals surface area contributed by atoms with E-state index in [4.69, 9.17) is 9.84 Å². The highest BCUT2D eigenvalue weighted by atomic mass is 16.5. The van der Waals surface area contributed by atoms with Gasteiger partial charge in [-0.15, -0.1) is 0 Å². The zero-order valence-electron chi connectivity index (χ0n) is 13.5. The Labute approximate surface area is 130 Å². The van der Waals surface area contributed by atoms with Gasteiger partial charge < -0.3 is 20.1 Å². The van der Waals surface area contributed by atoms with E-state index in [1.807, 2.05) is 38.1 Å². The summed E-state index contributed by atoms with van der Waals surface area (Å²) in [5, 5.41) is 16.6. The van der Waals surface area contributed by atoms with Crippen molar-refractivity contribution in [2.45, 2.75) is 13.5 Å². The summed E-state index contributed by atoms with van der Waals surface area (Å²) in [5.74, 6) is 1.54. The highest BCUT2D eigenvalue weighted by Crippen LogP contribution is 2.22. The van der Waals surface area contributed by atoms with Crippen molar-refractivity contribution in [3.63, 3.8) is 0 Å². The molecule has 0 fully saturated rings. The molecule has 2 aromatic heterocycles. The summed E-state index contributed by atoms with van der Waals surface area (Å²) in [6, 6.07) is 3.89. The van der Waals surface area contributed by atoms with Crippen LogP contribution in [0.5, 0.6) is 5.88 Å². The average molecular weight is 305 g/mol. The van der Waals surface area contributed by atoms with Crippen LogP contribution in [0.15, 0.2) is 18.3 Å². The predicted octanol–water partition coefficient (Wildman–Crippen LogP) is 1.17. The fraction of sp³-hybridized carbons (Fsp3) is 0.467. The van der Waals surface area contributed by atoms with Gasteiger partial charge in [0.05, 0.1) is 36.9 Å². The molecule has 0 amide bonds. The van der Waals surface area contributed by atoms with Crippen molar-refractivity contribution in [1.82, 2.24) is 14.8 Å². The summed E-state index contributed by atoms with van der Waals surface area (Å²) in [4.78, 5) is 6.34. The first-order valence-electron chi connectivity index (χ1n) is 7.15. The number of rotatable bonds is 7. The van der Waals surface area contributed by atoms with Crippen LogP contribution in [0, 0.1) is 6.92 Å². The fourth-order valence-corrected chi connectivity index (χ4v) is 2.31. The Morgan fingerprint density at radius 3 is 2.77 bits per heavy atom. The average Bonchev–Trinajstić information content (AvgIpc) is 2.79. The maximum atomic E-state index is 8.95. The van der Waals surface area contributed by atoms with E-state index in [1.165, 1.54) is 0 Å². The first-order valence-corrected chi connectivity index (χ1v) is 7.15. The highest BCUT2D eigenvalue weighted by molar-refractivity contribution is 5.49. The minimum absolute atomic E-state index is 0.122. The van der Waals surface area contributed by atoms with Crippen molar-refractivity contribution < 1.29 is 9.84 Å². The molecule has 0 atom stereocenters. The lowest BCUT2D eigenvalue weighted by molar-refractivity contribution is 0.304. The van der Waals surface area contributed by atoms with Crippen LogP contribution < -0.4 is 15.0 Å². The van der Waals surface area contributed by atoms with E-state index >= 15 is 0 Å². The first kappa shape index (κ1) is 16.1. The second-order valence-corrected chi connectivity index (χ2v) is 5.10. The number of nitrogens with one attached hydrogen (secondary N) is 1. The molecule has 0 saturated heterocycles. The largest absolute Gasteiger partial charge is 0.481 e. The number of aryl methyl sites for hydroxylation is 2. The van der Waals surface area contributed by atoms with E-state index in [0.717, 1.165) is 28.6 Å². The summed E-state index contributed by atoms with van der Waals surface area (Å²) in [7, 11) is 5.42. The molecular weight excluding hydrogens is 282 g/mol. The minimum Gasteiger partial charge on any atom is -0.481 e. The van der Waals surface area contributed by atoms with E-state index in [0.29, 0.717) is 13.1 Å². The van der Waals surface area contributed by atoms with E-state index in [2.05, 4.69) is 15.4 Å². The molecule has 7 heteroatoms. The second kappa shape index (κ2) is 7.13. The van der Waals surface area contributed by atoms with Crippen LogP contribution in [0.25, 0.3) is 0 Å². The molecule has 0 aliphatic carbocycles. The number of nitrogens with zero attached hydrogens (tertiary/aromatic N) is 4. The summed E-state index contributed by atoms with van der Waals surface area (Å²) in [6.45, 7) is 3.26. The van der Waals surface area contributed by atoms with Gasteiger partial charge in [0.15, 0.2) is 0 Å². The molecule has 2 heterocycles. The first-order chi connectivity index (χ1) is 10.6. The molecule has 0 unspecified atom stereocenters. The second-order valence-electron chi connectivity index (χ2n) is 5.10. The van der Waals surface area contributed by atoms with Gasteiger partial charge in [-0.3, -0.25) is 0 Å². The lowest BCUT2D eigenvalue weighted by Gasteiger charge is -2.17. The molecule has 0 aliphatic heterocycles. The quantitative estimate of drug-likeness (QED) is 0.800. The zero-order valence-corrected chi connectivity index (χ0v) is 13.5. The number of aliphatic hydroxyl groups is 1. The van der Waals surface area contributed by atoms with Crippen molar-refractivity contribution in [3.05, 3.63) is 29.6 Å². The van der Waals surface area contributed by atoms with Crippen molar-refractivity contribution in [3.8, 4) is 5.88 Å². The molecule has 0 radical (unpaired) electrons. The highest BCUT2D eigenvalue weighted by Gasteiger charge is 2.13. The number of hydrogen-bond acceptors (Lipinski definition) is 6. The van der Waals surface area contributed by atoms with Gasteiger partial charge in [-0.05, 0) is 19.1 Å². The summed E-state index contributed by atoms with van der Waals surface area (Å²) in [6.07, 6.45) is 1.78. The number of aliphatic hydroxyl groups excluding tert-OH is 1. The zero-order chi connectivity index (χ0) is 16.1. The smallest absolute Gasteiger partial charge is 0.216 e. The Morgan fingerprint density at radius 2 is 2.18 bits per heavy atom. The lowest BCUT2D eigenvalue weighted by Crippen LogP contribution is -2.21. The third-order valence-electron chi connectivity index (χ3n) is 3.55. The molecule has 0 aromatic carbocycles. The molecule has 2 aromatic rings. The summed E-state index contributed by atoms with van der Waals surface area (Å²) >= 11 is 0. The third-order valence-corrected chi connectivity index (χ3v) is 3.55. The number of pyridine rings is 1. The van der Waals surface area contributed by atoms with Gasteiger partial charge >= 0.3 is 0 Å². The number of aromatic nitrogens is 3. The van der Waals surface area contributed by atoms with E-state index in [-0.39, 0.29) is 6.61 Å². The Balaban J connectivity index is 2.03. The Hall–Kier alpha value is -2.28. The third kappa shape index (κ3) is 3.48. The van der Waals surface area contributed by atoms with Gasteiger partial charge in [0.1, 0.15) is 5.82 Å². The van der Waals surface area contributed by atoms with Crippen LogP contribution in [0.2, 0.25) is 0 Å². The van der Waals surface area contributed by atoms with Gasteiger partial charge in [0, 0.05) is 27.2 Å². The SMILES string of the molecule is COc1c(CNc2ccc(N(C)CCO)cn2)c(C)nn1C. The molecule has 0 bridgehead atoms. The predicted molar refractivity (Wildman–Crippen MR) is 86.4 cm³/mol. The Morgan fingerprint density at radius 1 is 1.41 bits per heavy atom. The van der Waals surface area contributed by atoms with Gasteiger partial charge in [-0.1, -0.05) is 0 Å². The van der Waals surface area contributed by atoms with Crippen molar-refractivity contribution in [2.75, 3.05) is 37.5 Å². The minimum atomic E-state index is 0.122. The number of likely N-dealkylation sites (N-methyl/N-ethyl adjacent to an activating group) is 1. The number of ether oxygens (including phenoxy) is 1. The maximum absolute atomic E-state index is 8.95. The molecule has 0 spiro atoms. The molecular formula is C15H23N5O2. The number of anilines is 2. The Bertz CT molecular complexity index is 609. The van der Waals surface area contributed by atoms with Gasteiger partial charge in [-0.25, -0.2) is 9.67 Å². The molecule has 7 nitrogen and oxygen atoms in total. The van der Waals surface area contributed by atoms with Crippen molar-refractivity contribution >= 4 is 11.5 Å². The molecule has 120 valence electrons. The number of hydrogen-bond donors (Lipinski definition) is 2. The summed E-state index contributed by atoms with van der Waals surface area (Å²) in [5.41, 5.74) is 2.93. The molecule has 0 saturated carbocycles. The maximum Gasteiger partial charge on any atom is 0.216 e. The fourth-order valence-electron chi connectivity index (χ4n) is 2.31. The molecule has 2 rings (SSSR count). The molecule has 2 N–H and O–H groups in total. The van der Waals surface area contributed by atoms with E-state index < -0.39 is 0 Å². The summed E-state index contributed by atoms with van der Waals surface area (Å²) < 4.78 is 7.10. The van der Waals surface area contributed by atoms with E-state index in [1.54, 1.807) is 18.0 Å². The standard InChI is InChI=1S/C15H23N5O2/c1-11-13(15(22-4)20(3)18-11)10-17-14-6-5-12(9-16-14)19(2)7-8-21/h5-6,9,21H,7-8,10H2,1-4H3,(H,16,17).